The number of carbonyl (C=O) groups excluding carboxylic acids is 1. The Hall–Kier alpha value is -1.51. The molecule has 0 radical (unpaired) electrons. The number of benzene rings is 1. The van der Waals surface area contributed by atoms with Crippen LogP contribution in [0.25, 0.3) is 0 Å². The van der Waals surface area contributed by atoms with Crippen molar-refractivity contribution in [3.63, 3.8) is 0 Å². The van der Waals surface area contributed by atoms with Gasteiger partial charge >= 0.3 is 0 Å². The van der Waals surface area contributed by atoms with Gasteiger partial charge < -0.3 is 10.6 Å². The minimum atomic E-state index is 0.272. The van der Waals surface area contributed by atoms with E-state index in [-0.39, 0.29) is 5.91 Å². The van der Waals surface area contributed by atoms with Gasteiger partial charge in [-0.3, -0.25) is 4.79 Å². The second-order valence-corrected chi connectivity index (χ2v) is 5.10. The number of nitrogen functional groups attached to an aromatic ring is 1. The highest BCUT2D eigenvalue weighted by atomic mass is 16.2. The summed E-state index contributed by atoms with van der Waals surface area (Å²) in [6, 6.07) is 7.79. The van der Waals surface area contributed by atoms with Crippen LogP contribution in [0.2, 0.25) is 0 Å². The molecule has 0 aliphatic carbocycles. The molecule has 1 saturated heterocycles. The summed E-state index contributed by atoms with van der Waals surface area (Å²) in [6.45, 7) is 4.07. The average molecular weight is 246 g/mol. The summed E-state index contributed by atoms with van der Waals surface area (Å²) < 4.78 is 0. The van der Waals surface area contributed by atoms with Crippen LogP contribution in [0.5, 0.6) is 0 Å². The average Bonchev–Trinajstić information content (AvgIpc) is 2.86. The van der Waals surface area contributed by atoms with Gasteiger partial charge in [0.2, 0.25) is 5.91 Å². The standard InChI is InChI=1S/C15H22N2O/c1-2-12-9-10-17(11-12)15(18)8-7-13-5-3-4-6-14(13)16/h3-6,12H,2,7-11,16H2,1H3. The first-order valence-electron chi connectivity index (χ1n) is 6.82. The van der Waals surface area contributed by atoms with Gasteiger partial charge in [-0.15, -0.1) is 0 Å². The quantitative estimate of drug-likeness (QED) is 0.829. The van der Waals surface area contributed by atoms with Crippen molar-refractivity contribution in [3.05, 3.63) is 29.8 Å². The zero-order valence-electron chi connectivity index (χ0n) is 11.1. The summed E-state index contributed by atoms with van der Waals surface area (Å²) >= 11 is 0. The molecular weight excluding hydrogens is 224 g/mol. The lowest BCUT2D eigenvalue weighted by Crippen LogP contribution is -2.28. The Balaban J connectivity index is 1.84. The van der Waals surface area contributed by atoms with Crippen LogP contribution in [0.15, 0.2) is 24.3 Å². The molecule has 0 spiro atoms. The van der Waals surface area contributed by atoms with Crippen LogP contribution in [-0.2, 0) is 11.2 Å². The number of nitrogens with zero attached hydrogens (tertiary/aromatic N) is 1. The highest BCUT2D eigenvalue weighted by Gasteiger charge is 2.24. The van der Waals surface area contributed by atoms with Crippen LogP contribution >= 0.6 is 0 Å². The monoisotopic (exact) mass is 246 g/mol. The van der Waals surface area contributed by atoms with E-state index in [1.54, 1.807) is 0 Å². The van der Waals surface area contributed by atoms with Gasteiger partial charge in [-0.05, 0) is 30.4 Å². The van der Waals surface area contributed by atoms with Crippen molar-refractivity contribution in [3.8, 4) is 0 Å². The normalized spacial score (nSPS) is 19.2. The minimum absolute atomic E-state index is 0.272. The van der Waals surface area contributed by atoms with Gasteiger partial charge in [0.05, 0.1) is 0 Å². The van der Waals surface area contributed by atoms with Crippen molar-refractivity contribution in [2.24, 2.45) is 5.92 Å². The molecule has 3 heteroatoms. The topological polar surface area (TPSA) is 46.3 Å². The molecule has 1 unspecified atom stereocenters. The molecule has 0 bridgehead atoms. The van der Waals surface area contributed by atoms with E-state index in [0.29, 0.717) is 12.3 Å². The third-order valence-corrected chi connectivity index (χ3v) is 3.88. The van der Waals surface area contributed by atoms with E-state index in [1.807, 2.05) is 29.2 Å². The predicted octanol–water partition coefficient (Wildman–Crippen LogP) is 2.46. The Kier molecular flexibility index (Phi) is 4.24. The van der Waals surface area contributed by atoms with Crippen LogP contribution in [0.3, 0.4) is 0 Å². The first-order chi connectivity index (χ1) is 8.70. The summed E-state index contributed by atoms with van der Waals surface area (Å²) in [7, 11) is 0. The number of hydrogen-bond acceptors (Lipinski definition) is 2. The molecule has 1 aliphatic heterocycles. The van der Waals surface area contributed by atoms with Crippen LogP contribution in [0.4, 0.5) is 5.69 Å². The summed E-state index contributed by atoms with van der Waals surface area (Å²) in [5.74, 6) is 0.977. The van der Waals surface area contributed by atoms with Gasteiger partial charge in [0.25, 0.3) is 0 Å². The number of aryl methyl sites for hydroxylation is 1. The smallest absolute Gasteiger partial charge is 0.222 e. The summed E-state index contributed by atoms with van der Waals surface area (Å²) in [6.07, 6.45) is 3.66. The number of hydrogen-bond donors (Lipinski definition) is 1. The molecule has 1 amide bonds. The Morgan fingerprint density at radius 2 is 2.22 bits per heavy atom. The van der Waals surface area contributed by atoms with Crippen LogP contribution < -0.4 is 5.73 Å². The van der Waals surface area contributed by atoms with Crippen LogP contribution in [0.1, 0.15) is 31.7 Å². The largest absolute Gasteiger partial charge is 0.399 e. The lowest BCUT2D eigenvalue weighted by molar-refractivity contribution is -0.130. The fraction of sp³-hybridized carbons (Fsp3) is 0.533. The van der Waals surface area contributed by atoms with Crippen molar-refractivity contribution in [1.29, 1.82) is 0 Å². The molecule has 2 rings (SSSR count). The second-order valence-electron chi connectivity index (χ2n) is 5.10. The Labute approximate surface area is 109 Å². The Bertz CT molecular complexity index is 417. The molecule has 0 saturated carbocycles. The molecule has 18 heavy (non-hydrogen) atoms. The zero-order chi connectivity index (χ0) is 13.0. The summed E-state index contributed by atoms with van der Waals surface area (Å²) in [4.78, 5) is 14.1. The van der Waals surface area contributed by atoms with Gasteiger partial charge in [0.15, 0.2) is 0 Å². The molecule has 1 heterocycles. The number of anilines is 1. The van der Waals surface area contributed by atoms with E-state index in [1.165, 1.54) is 6.42 Å². The molecule has 1 aromatic rings. The third-order valence-electron chi connectivity index (χ3n) is 3.88. The lowest BCUT2D eigenvalue weighted by Gasteiger charge is -2.16. The highest BCUT2D eigenvalue weighted by Crippen LogP contribution is 2.20. The minimum Gasteiger partial charge on any atom is -0.399 e. The predicted molar refractivity (Wildman–Crippen MR) is 74.2 cm³/mol. The lowest BCUT2D eigenvalue weighted by atomic mass is 10.1. The number of carbonyl (C=O) groups is 1. The number of rotatable bonds is 4. The maximum atomic E-state index is 12.1. The fourth-order valence-corrected chi connectivity index (χ4v) is 2.55. The van der Waals surface area contributed by atoms with E-state index in [2.05, 4.69) is 6.92 Å². The molecule has 3 nitrogen and oxygen atoms in total. The van der Waals surface area contributed by atoms with Gasteiger partial charge in [0, 0.05) is 25.2 Å². The Morgan fingerprint density at radius 1 is 1.44 bits per heavy atom. The molecule has 0 aromatic heterocycles. The maximum absolute atomic E-state index is 12.1. The maximum Gasteiger partial charge on any atom is 0.222 e. The zero-order valence-corrected chi connectivity index (χ0v) is 11.1. The van der Waals surface area contributed by atoms with Crippen molar-refractivity contribution in [1.82, 2.24) is 4.90 Å². The van der Waals surface area contributed by atoms with Gasteiger partial charge in [-0.25, -0.2) is 0 Å². The third kappa shape index (κ3) is 3.03. The first kappa shape index (κ1) is 12.9. The molecule has 98 valence electrons. The highest BCUT2D eigenvalue weighted by molar-refractivity contribution is 5.77. The molecule has 1 atom stereocenters. The molecule has 1 aromatic carbocycles. The Morgan fingerprint density at radius 3 is 2.89 bits per heavy atom. The van der Waals surface area contributed by atoms with Gasteiger partial charge in [-0.2, -0.15) is 0 Å². The van der Waals surface area contributed by atoms with E-state index in [9.17, 15) is 4.79 Å². The van der Waals surface area contributed by atoms with E-state index in [4.69, 9.17) is 5.73 Å². The number of amides is 1. The fourth-order valence-electron chi connectivity index (χ4n) is 2.55. The molecule has 1 aliphatic rings. The number of likely N-dealkylation sites (tertiary alicyclic amines) is 1. The van der Waals surface area contributed by atoms with E-state index < -0.39 is 0 Å². The molecular formula is C15H22N2O. The summed E-state index contributed by atoms with van der Waals surface area (Å²) in [5, 5.41) is 0. The van der Waals surface area contributed by atoms with Crippen LogP contribution in [0, 0.1) is 5.92 Å². The van der Waals surface area contributed by atoms with E-state index >= 15 is 0 Å². The van der Waals surface area contributed by atoms with Crippen molar-refractivity contribution < 1.29 is 4.79 Å². The second kappa shape index (κ2) is 5.89. The number of nitrogens with two attached hydrogens (primary N) is 1. The van der Waals surface area contributed by atoms with E-state index in [0.717, 1.165) is 37.2 Å². The van der Waals surface area contributed by atoms with Crippen molar-refractivity contribution in [2.45, 2.75) is 32.6 Å². The number of para-hydroxylation sites is 1. The van der Waals surface area contributed by atoms with Gasteiger partial charge in [-0.1, -0.05) is 31.5 Å². The molecule has 1 fully saturated rings. The van der Waals surface area contributed by atoms with Crippen LogP contribution in [-0.4, -0.2) is 23.9 Å². The summed E-state index contributed by atoms with van der Waals surface area (Å²) in [5.41, 5.74) is 7.75. The SMILES string of the molecule is CCC1CCN(C(=O)CCc2ccccc2N)C1. The van der Waals surface area contributed by atoms with Crippen molar-refractivity contribution in [2.75, 3.05) is 18.8 Å². The first-order valence-corrected chi connectivity index (χ1v) is 6.82. The van der Waals surface area contributed by atoms with Crippen molar-refractivity contribution >= 4 is 11.6 Å². The van der Waals surface area contributed by atoms with Gasteiger partial charge in [0.1, 0.15) is 0 Å². The molecule has 2 N–H and O–H groups in total.